The van der Waals surface area contributed by atoms with Gasteiger partial charge in [0.25, 0.3) is 5.91 Å². The number of nitrogens with one attached hydrogen (secondary N) is 1. The lowest BCUT2D eigenvalue weighted by molar-refractivity contribution is -0.118. The van der Waals surface area contributed by atoms with E-state index in [1.807, 2.05) is 76.7 Å². The molecule has 4 aromatic rings. The molecule has 0 fully saturated rings. The van der Waals surface area contributed by atoms with Crippen molar-refractivity contribution >= 4 is 39.9 Å². The Hall–Kier alpha value is -3.45. The predicted octanol–water partition coefficient (Wildman–Crippen LogP) is 4.12. The van der Waals surface area contributed by atoms with E-state index in [-0.39, 0.29) is 18.4 Å². The molecule has 4 rings (SSSR count). The molecule has 0 bridgehead atoms. The van der Waals surface area contributed by atoms with E-state index in [0.717, 1.165) is 29.0 Å². The molecule has 0 atom stereocenters. The van der Waals surface area contributed by atoms with Crippen LogP contribution in [0.4, 0.5) is 5.69 Å². The van der Waals surface area contributed by atoms with Crippen molar-refractivity contribution in [1.29, 1.82) is 0 Å². The third-order valence-electron chi connectivity index (χ3n) is 5.15. The number of rotatable bonds is 8. The molecule has 2 aromatic carbocycles. The molecule has 0 saturated heterocycles. The number of fused-ring (bicyclic) bond motifs is 1. The highest BCUT2D eigenvalue weighted by atomic mass is 32.1. The van der Waals surface area contributed by atoms with Gasteiger partial charge < -0.3 is 14.8 Å². The van der Waals surface area contributed by atoms with Crippen LogP contribution in [0.25, 0.3) is 11.0 Å². The summed E-state index contributed by atoms with van der Waals surface area (Å²) in [5.41, 5.74) is 2.67. The van der Waals surface area contributed by atoms with Crippen LogP contribution >= 0.6 is 11.3 Å². The molecule has 2 heterocycles. The zero-order valence-corrected chi connectivity index (χ0v) is 18.1. The van der Waals surface area contributed by atoms with Gasteiger partial charge in [-0.15, -0.1) is 11.3 Å². The molecule has 0 spiro atoms. The van der Waals surface area contributed by atoms with E-state index in [2.05, 4.69) is 5.32 Å². The van der Waals surface area contributed by atoms with Crippen LogP contribution in [0.5, 0.6) is 0 Å². The molecule has 0 aliphatic heterocycles. The van der Waals surface area contributed by atoms with Crippen molar-refractivity contribution in [2.75, 3.05) is 18.5 Å². The standard InChI is InChI=1S/C24H24N4O2S/c1-27(18-9-3-2-4-10-18)23(29)17-28-20-12-6-5-11-19(20)26-22(28)14-7-15-25-24(30)21-13-8-16-31-21/h2-6,8-13,16H,7,14-15,17H2,1H3,(H,25,30). The van der Waals surface area contributed by atoms with Gasteiger partial charge in [0.05, 0.1) is 15.9 Å². The quantitative estimate of drug-likeness (QED) is 0.426. The summed E-state index contributed by atoms with van der Waals surface area (Å²) in [6.07, 6.45) is 1.41. The van der Waals surface area contributed by atoms with Crippen LogP contribution in [0, 0.1) is 0 Å². The van der Waals surface area contributed by atoms with Crippen molar-refractivity contribution in [3.05, 3.63) is 82.8 Å². The van der Waals surface area contributed by atoms with E-state index in [9.17, 15) is 9.59 Å². The summed E-state index contributed by atoms with van der Waals surface area (Å²) in [6.45, 7) is 0.764. The lowest BCUT2D eigenvalue weighted by Crippen LogP contribution is -2.30. The third kappa shape index (κ3) is 4.83. The second-order valence-electron chi connectivity index (χ2n) is 7.23. The minimum Gasteiger partial charge on any atom is -0.351 e. The van der Waals surface area contributed by atoms with Gasteiger partial charge in [0.2, 0.25) is 5.91 Å². The van der Waals surface area contributed by atoms with Crippen LogP contribution in [0.15, 0.2) is 72.1 Å². The van der Waals surface area contributed by atoms with Crippen LogP contribution in [-0.2, 0) is 17.8 Å². The SMILES string of the molecule is CN(C(=O)Cn1c(CCCNC(=O)c2cccs2)nc2ccccc21)c1ccccc1. The number of hydrogen-bond acceptors (Lipinski definition) is 4. The number of aryl methyl sites for hydroxylation is 1. The number of carbonyl (C=O) groups is 2. The summed E-state index contributed by atoms with van der Waals surface area (Å²) >= 11 is 1.43. The van der Waals surface area contributed by atoms with Crippen molar-refractivity contribution in [1.82, 2.24) is 14.9 Å². The first kappa shape index (κ1) is 20.8. The maximum Gasteiger partial charge on any atom is 0.261 e. The van der Waals surface area contributed by atoms with Gasteiger partial charge >= 0.3 is 0 Å². The van der Waals surface area contributed by atoms with Crippen molar-refractivity contribution in [3.8, 4) is 0 Å². The fraction of sp³-hybridized carbons (Fsp3) is 0.208. The number of anilines is 1. The Morgan fingerprint density at radius 2 is 1.81 bits per heavy atom. The van der Waals surface area contributed by atoms with E-state index in [1.165, 1.54) is 11.3 Å². The van der Waals surface area contributed by atoms with Gasteiger partial charge in [0.1, 0.15) is 12.4 Å². The van der Waals surface area contributed by atoms with E-state index in [0.29, 0.717) is 17.8 Å². The second-order valence-corrected chi connectivity index (χ2v) is 8.18. The summed E-state index contributed by atoms with van der Waals surface area (Å²) in [7, 11) is 1.79. The summed E-state index contributed by atoms with van der Waals surface area (Å²) in [5, 5.41) is 4.84. The summed E-state index contributed by atoms with van der Waals surface area (Å²) in [5.74, 6) is 0.783. The van der Waals surface area contributed by atoms with Crippen LogP contribution in [0.3, 0.4) is 0 Å². The molecule has 158 valence electrons. The molecule has 1 N–H and O–H groups in total. The Bertz CT molecular complexity index is 1170. The molecular formula is C24H24N4O2S. The number of thiophene rings is 1. The van der Waals surface area contributed by atoms with E-state index >= 15 is 0 Å². The highest BCUT2D eigenvalue weighted by molar-refractivity contribution is 7.12. The monoisotopic (exact) mass is 432 g/mol. The first-order chi connectivity index (χ1) is 15.1. The Morgan fingerprint density at radius 3 is 2.58 bits per heavy atom. The van der Waals surface area contributed by atoms with Crippen molar-refractivity contribution in [2.45, 2.75) is 19.4 Å². The molecular weight excluding hydrogens is 408 g/mol. The van der Waals surface area contributed by atoms with Crippen molar-refractivity contribution < 1.29 is 9.59 Å². The zero-order valence-electron chi connectivity index (χ0n) is 17.3. The number of amides is 2. The van der Waals surface area contributed by atoms with E-state index in [1.54, 1.807) is 11.9 Å². The number of carbonyl (C=O) groups excluding carboxylic acids is 2. The number of imidazole rings is 1. The highest BCUT2D eigenvalue weighted by Crippen LogP contribution is 2.19. The molecule has 0 radical (unpaired) electrons. The van der Waals surface area contributed by atoms with Crippen LogP contribution in [0.2, 0.25) is 0 Å². The minimum absolute atomic E-state index is 0.0124. The van der Waals surface area contributed by atoms with Crippen LogP contribution in [0.1, 0.15) is 21.9 Å². The molecule has 2 amide bonds. The Morgan fingerprint density at radius 1 is 1.03 bits per heavy atom. The molecule has 0 unspecified atom stereocenters. The largest absolute Gasteiger partial charge is 0.351 e. The summed E-state index contributed by atoms with van der Waals surface area (Å²) in [6, 6.07) is 21.1. The lowest BCUT2D eigenvalue weighted by Gasteiger charge is -2.18. The number of aromatic nitrogens is 2. The highest BCUT2D eigenvalue weighted by Gasteiger charge is 2.17. The second kappa shape index (κ2) is 9.57. The Kier molecular flexibility index (Phi) is 6.43. The van der Waals surface area contributed by atoms with E-state index in [4.69, 9.17) is 4.98 Å². The number of likely N-dealkylation sites (N-methyl/N-ethyl adjacent to an activating group) is 1. The molecule has 0 aliphatic rings. The smallest absolute Gasteiger partial charge is 0.261 e. The summed E-state index contributed by atoms with van der Waals surface area (Å²) in [4.78, 5) is 32.2. The zero-order chi connectivity index (χ0) is 21.6. The Balaban J connectivity index is 1.45. The van der Waals surface area contributed by atoms with Gasteiger partial charge in [0, 0.05) is 25.7 Å². The first-order valence-electron chi connectivity index (χ1n) is 10.2. The number of benzene rings is 2. The fourth-order valence-electron chi connectivity index (χ4n) is 3.47. The maximum atomic E-state index is 13.0. The van der Waals surface area contributed by atoms with Gasteiger partial charge in [-0.05, 0) is 42.1 Å². The molecule has 31 heavy (non-hydrogen) atoms. The molecule has 6 nitrogen and oxygen atoms in total. The average molecular weight is 433 g/mol. The topological polar surface area (TPSA) is 67.2 Å². The average Bonchev–Trinajstić information content (AvgIpc) is 3.45. The van der Waals surface area contributed by atoms with Crippen molar-refractivity contribution in [3.63, 3.8) is 0 Å². The predicted molar refractivity (Wildman–Crippen MR) is 125 cm³/mol. The Labute approximate surface area is 185 Å². The molecule has 0 saturated carbocycles. The lowest BCUT2D eigenvalue weighted by atomic mass is 10.2. The van der Waals surface area contributed by atoms with Crippen LogP contribution < -0.4 is 10.2 Å². The van der Waals surface area contributed by atoms with Crippen molar-refractivity contribution in [2.24, 2.45) is 0 Å². The first-order valence-corrected chi connectivity index (χ1v) is 11.1. The van der Waals surface area contributed by atoms with Gasteiger partial charge in [-0.1, -0.05) is 36.4 Å². The number of para-hydroxylation sites is 3. The van der Waals surface area contributed by atoms with Gasteiger partial charge in [-0.2, -0.15) is 0 Å². The molecule has 0 aliphatic carbocycles. The number of nitrogens with zero attached hydrogens (tertiary/aromatic N) is 3. The van der Waals surface area contributed by atoms with Gasteiger partial charge in [-0.25, -0.2) is 4.98 Å². The molecule has 7 heteroatoms. The maximum absolute atomic E-state index is 13.0. The summed E-state index contributed by atoms with van der Waals surface area (Å²) < 4.78 is 1.98. The number of hydrogen-bond donors (Lipinski definition) is 1. The minimum atomic E-state index is -0.0526. The molecule has 2 aromatic heterocycles. The fourth-order valence-corrected chi connectivity index (χ4v) is 4.11. The van der Waals surface area contributed by atoms with Gasteiger partial charge in [-0.3, -0.25) is 9.59 Å². The normalized spacial score (nSPS) is 10.9. The van der Waals surface area contributed by atoms with Crippen LogP contribution in [-0.4, -0.2) is 35.0 Å². The third-order valence-corrected chi connectivity index (χ3v) is 6.02. The van der Waals surface area contributed by atoms with E-state index < -0.39 is 0 Å². The van der Waals surface area contributed by atoms with Gasteiger partial charge in [0.15, 0.2) is 0 Å².